The zero-order chi connectivity index (χ0) is 12.8. The Kier molecular flexibility index (Phi) is 4.62. The molecule has 3 nitrogen and oxygen atoms in total. The number of benzene rings is 1. The highest BCUT2D eigenvalue weighted by molar-refractivity contribution is 5.73. The third-order valence-corrected chi connectivity index (χ3v) is 3.40. The van der Waals surface area contributed by atoms with Crippen molar-refractivity contribution >= 4 is 11.7 Å². The van der Waals surface area contributed by atoms with Crippen LogP contribution in [0.4, 0.5) is 5.69 Å². The van der Waals surface area contributed by atoms with Crippen molar-refractivity contribution in [2.75, 3.05) is 5.73 Å². The molecule has 2 N–H and O–H groups in total. The molecule has 0 bridgehead atoms. The van der Waals surface area contributed by atoms with Crippen molar-refractivity contribution < 1.29 is 9.53 Å². The lowest BCUT2D eigenvalue weighted by atomic mass is 10.1. The van der Waals surface area contributed by atoms with Gasteiger partial charge in [0.15, 0.2) is 0 Å². The lowest BCUT2D eigenvalue weighted by Crippen LogP contribution is -2.19. The summed E-state index contributed by atoms with van der Waals surface area (Å²) in [4.78, 5) is 11.8. The molecule has 1 aromatic rings. The van der Waals surface area contributed by atoms with Gasteiger partial charge in [-0.25, -0.2) is 0 Å². The number of hydrogen-bond acceptors (Lipinski definition) is 3. The van der Waals surface area contributed by atoms with Crippen molar-refractivity contribution in [2.24, 2.45) is 0 Å². The van der Waals surface area contributed by atoms with Gasteiger partial charge in [0.25, 0.3) is 0 Å². The predicted octanol–water partition coefficient (Wildman–Crippen LogP) is 3.08. The van der Waals surface area contributed by atoms with Gasteiger partial charge in [-0.3, -0.25) is 4.79 Å². The van der Waals surface area contributed by atoms with Crippen LogP contribution in [0, 0.1) is 0 Å². The van der Waals surface area contributed by atoms with E-state index in [1.165, 1.54) is 25.7 Å². The van der Waals surface area contributed by atoms with E-state index in [1.807, 2.05) is 24.3 Å². The number of ether oxygens (including phenoxy) is 1. The zero-order valence-electron chi connectivity index (χ0n) is 10.7. The minimum atomic E-state index is -0.132. The van der Waals surface area contributed by atoms with Crippen molar-refractivity contribution in [1.29, 1.82) is 0 Å². The quantitative estimate of drug-likeness (QED) is 0.507. The zero-order valence-corrected chi connectivity index (χ0v) is 10.7. The Morgan fingerprint density at radius 3 is 2.61 bits per heavy atom. The topological polar surface area (TPSA) is 52.3 Å². The van der Waals surface area contributed by atoms with E-state index in [4.69, 9.17) is 10.5 Å². The monoisotopic (exact) mass is 247 g/mol. The number of esters is 1. The smallest absolute Gasteiger partial charge is 0.310 e. The van der Waals surface area contributed by atoms with Gasteiger partial charge < -0.3 is 10.5 Å². The SMILES string of the molecule is Nc1cccc(CC(=O)OC2CCCCCC2)c1. The Balaban J connectivity index is 1.84. The molecule has 0 aliphatic heterocycles. The molecule has 1 saturated carbocycles. The number of rotatable bonds is 3. The van der Waals surface area contributed by atoms with Gasteiger partial charge in [-0.1, -0.05) is 25.0 Å². The molecular formula is C15H21NO2. The number of carbonyl (C=O) groups is 1. The summed E-state index contributed by atoms with van der Waals surface area (Å²) in [6, 6.07) is 7.42. The van der Waals surface area contributed by atoms with Crippen LogP contribution in [0.1, 0.15) is 44.1 Å². The number of nitrogens with two attached hydrogens (primary N) is 1. The van der Waals surface area contributed by atoms with Crippen molar-refractivity contribution in [3.05, 3.63) is 29.8 Å². The Hall–Kier alpha value is -1.51. The molecule has 0 atom stereocenters. The molecule has 18 heavy (non-hydrogen) atoms. The van der Waals surface area contributed by atoms with Crippen molar-refractivity contribution in [3.63, 3.8) is 0 Å². The van der Waals surface area contributed by atoms with Crippen LogP contribution in [0.15, 0.2) is 24.3 Å². The number of nitrogen functional groups attached to an aromatic ring is 1. The molecule has 0 aromatic heterocycles. The standard InChI is InChI=1S/C15H21NO2/c16-13-7-5-6-12(10-13)11-15(17)18-14-8-3-1-2-4-9-14/h5-7,10,14H,1-4,8-9,11,16H2. The van der Waals surface area contributed by atoms with E-state index >= 15 is 0 Å². The van der Waals surface area contributed by atoms with E-state index in [0.29, 0.717) is 12.1 Å². The third-order valence-electron chi connectivity index (χ3n) is 3.40. The van der Waals surface area contributed by atoms with E-state index < -0.39 is 0 Å². The highest BCUT2D eigenvalue weighted by Crippen LogP contribution is 2.20. The second-order valence-corrected chi connectivity index (χ2v) is 5.03. The van der Waals surface area contributed by atoms with Gasteiger partial charge in [-0.15, -0.1) is 0 Å². The molecule has 0 spiro atoms. The minimum absolute atomic E-state index is 0.126. The van der Waals surface area contributed by atoms with Crippen LogP contribution < -0.4 is 5.73 Å². The Morgan fingerprint density at radius 2 is 1.94 bits per heavy atom. The number of hydrogen-bond donors (Lipinski definition) is 1. The van der Waals surface area contributed by atoms with E-state index in [0.717, 1.165) is 18.4 Å². The molecule has 1 aliphatic carbocycles. The summed E-state index contributed by atoms with van der Waals surface area (Å²) in [6.45, 7) is 0. The van der Waals surface area contributed by atoms with Crippen molar-refractivity contribution in [1.82, 2.24) is 0 Å². The fourth-order valence-corrected chi connectivity index (χ4v) is 2.46. The third kappa shape index (κ3) is 4.06. The summed E-state index contributed by atoms with van der Waals surface area (Å²) in [5, 5.41) is 0. The number of carbonyl (C=O) groups excluding carboxylic acids is 1. The Morgan fingerprint density at radius 1 is 1.22 bits per heavy atom. The van der Waals surface area contributed by atoms with E-state index in [-0.39, 0.29) is 12.1 Å². The number of anilines is 1. The fourth-order valence-electron chi connectivity index (χ4n) is 2.46. The fraction of sp³-hybridized carbons (Fsp3) is 0.533. The molecule has 3 heteroatoms. The van der Waals surface area contributed by atoms with Crippen molar-refractivity contribution in [2.45, 2.75) is 51.0 Å². The summed E-state index contributed by atoms with van der Waals surface area (Å²) in [6.07, 6.45) is 7.37. The van der Waals surface area contributed by atoms with Crippen LogP contribution in [0.2, 0.25) is 0 Å². The molecule has 2 rings (SSSR count). The normalized spacial score (nSPS) is 17.1. The van der Waals surface area contributed by atoms with Crippen molar-refractivity contribution in [3.8, 4) is 0 Å². The average molecular weight is 247 g/mol. The van der Waals surface area contributed by atoms with Crippen LogP contribution >= 0.6 is 0 Å². The molecule has 0 saturated heterocycles. The van der Waals surface area contributed by atoms with Gasteiger partial charge in [-0.2, -0.15) is 0 Å². The first-order valence-electron chi connectivity index (χ1n) is 6.78. The first-order valence-corrected chi connectivity index (χ1v) is 6.78. The van der Waals surface area contributed by atoms with Crippen LogP contribution in [0.5, 0.6) is 0 Å². The van der Waals surface area contributed by atoms with Crippen LogP contribution in [0.25, 0.3) is 0 Å². The first-order chi connectivity index (χ1) is 8.74. The molecule has 1 aromatic carbocycles. The molecular weight excluding hydrogens is 226 g/mol. The summed E-state index contributed by atoms with van der Waals surface area (Å²) in [7, 11) is 0. The largest absolute Gasteiger partial charge is 0.462 e. The van der Waals surface area contributed by atoms with Gasteiger partial charge in [0, 0.05) is 5.69 Å². The van der Waals surface area contributed by atoms with Crippen LogP contribution in [-0.4, -0.2) is 12.1 Å². The molecule has 0 radical (unpaired) electrons. The van der Waals surface area contributed by atoms with Crippen LogP contribution in [0.3, 0.4) is 0 Å². The maximum absolute atomic E-state index is 11.8. The van der Waals surface area contributed by atoms with Crippen LogP contribution in [-0.2, 0) is 16.0 Å². The van der Waals surface area contributed by atoms with E-state index in [9.17, 15) is 4.79 Å². The van der Waals surface area contributed by atoms with E-state index in [2.05, 4.69) is 0 Å². The Labute approximate surface area is 108 Å². The Bertz CT molecular complexity index is 395. The molecule has 0 heterocycles. The predicted molar refractivity (Wildman–Crippen MR) is 72.1 cm³/mol. The lowest BCUT2D eigenvalue weighted by molar-refractivity contribution is -0.148. The molecule has 0 unspecified atom stereocenters. The maximum Gasteiger partial charge on any atom is 0.310 e. The molecule has 98 valence electrons. The van der Waals surface area contributed by atoms with Gasteiger partial charge in [-0.05, 0) is 43.4 Å². The molecule has 1 fully saturated rings. The minimum Gasteiger partial charge on any atom is -0.462 e. The average Bonchev–Trinajstić information content (AvgIpc) is 2.57. The summed E-state index contributed by atoms with van der Waals surface area (Å²) in [5.74, 6) is -0.132. The second kappa shape index (κ2) is 6.43. The summed E-state index contributed by atoms with van der Waals surface area (Å²) in [5.41, 5.74) is 7.30. The van der Waals surface area contributed by atoms with Gasteiger partial charge in [0.05, 0.1) is 6.42 Å². The molecule has 1 aliphatic rings. The van der Waals surface area contributed by atoms with Gasteiger partial charge in [0.1, 0.15) is 6.10 Å². The van der Waals surface area contributed by atoms with E-state index in [1.54, 1.807) is 0 Å². The first kappa shape index (κ1) is 12.9. The second-order valence-electron chi connectivity index (χ2n) is 5.03. The summed E-state index contributed by atoms with van der Waals surface area (Å²) < 4.78 is 5.54. The van der Waals surface area contributed by atoms with Gasteiger partial charge >= 0.3 is 5.97 Å². The van der Waals surface area contributed by atoms with Gasteiger partial charge in [0.2, 0.25) is 0 Å². The maximum atomic E-state index is 11.8. The lowest BCUT2D eigenvalue weighted by Gasteiger charge is -2.15. The highest BCUT2D eigenvalue weighted by atomic mass is 16.5. The molecule has 0 amide bonds. The summed E-state index contributed by atoms with van der Waals surface area (Å²) >= 11 is 0. The highest BCUT2D eigenvalue weighted by Gasteiger charge is 2.16.